The average Bonchev–Trinajstić information content (AvgIpc) is 3.11. The van der Waals surface area contributed by atoms with Crippen molar-refractivity contribution >= 4 is 24.3 Å². The van der Waals surface area contributed by atoms with Crippen LogP contribution >= 0.6 is 12.4 Å². The van der Waals surface area contributed by atoms with E-state index in [1.165, 1.54) is 31.4 Å². The van der Waals surface area contributed by atoms with E-state index in [2.05, 4.69) is 0 Å². The van der Waals surface area contributed by atoms with Crippen molar-refractivity contribution in [2.75, 3.05) is 40.0 Å². The number of benzene rings is 1. The van der Waals surface area contributed by atoms with Gasteiger partial charge in [-0.25, -0.2) is 4.39 Å². The fourth-order valence-electron chi connectivity index (χ4n) is 3.18. The maximum Gasteiger partial charge on any atom is 0.316 e. The van der Waals surface area contributed by atoms with Crippen LogP contribution in [0.5, 0.6) is 5.75 Å². The Kier molecular flexibility index (Phi) is 5.66. The minimum atomic E-state index is -0.764. The van der Waals surface area contributed by atoms with Gasteiger partial charge in [-0.15, -0.1) is 12.4 Å². The molecule has 0 aliphatic carbocycles. The highest BCUT2D eigenvalue weighted by Gasteiger charge is 2.57. The Morgan fingerprint density at radius 2 is 2.08 bits per heavy atom. The van der Waals surface area contributed by atoms with Gasteiger partial charge in [0.15, 0.2) is 6.61 Å². The molecular formula is C16H19ClFNO5. The van der Waals surface area contributed by atoms with Gasteiger partial charge in [-0.2, -0.15) is 0 Å². The van der Waals surface area contributed by atoms with E-state index in [4.69, 9.17) is 14.2 Å². The predicted octanol–water partition coefficient (Wildman–Crippen LogP) is 1.27. The Bertz CT molecular complexity index is 611. The summed E-state index contributed by atoms with van der Waals surface area (Å²) in [5.41, 5.74) is -0.764. The van der Waals surface area contributed by atoms with Crippen LogP contribution in [0.25, 0.3) is 0 Å². The van der Waals surface area contributed by atoms with Gasteiger partial charge < -0.3 is 19.1 Å². The summed E-state index contributed by atoms with van der Waals surface area (Å²) in [6, 6.07) is 5.46. The smallest absolute Gasteiger partial charge is 0.316 e. The van der Waals surface area contributed by atoms with Gasteiger partial charge in [0.2, 0.25) is 0 Å². The average molecular weight is 360 g/mol. The maximum atomic E-state index is 12.8. The zero-order chi connectivity index (χ0) is 16.4. The summed E-state index contributed by atoms with van der Waals surface area (Å²) in [7, 11) is 1.34. The molecule has 1 aromatic carbocycles. The molecule has 2 saturated heterocycles. The number of ether oxygens (including phenoxy) is 3. The third-order valence-corrected chi connectivity index (χ3v) is 4.49. The molecule has 1 amide bonds. The fourth-order valence-corrected chi connectivity index (χ4v) is 3.18. The van der Waals surface area contributed by atoms with Crippen molar-refractivity contribution in [1.82, 2.24) is 4.90 Å². The Morgan fingerprint density at radius 3 is 2.75 bits per heavy atom. The number of likely N-dealkylation sites (tertiary alicyclic amines) is 1. The van der Waals surface area contributed by atoms with Crippen LogP contribution in [0.1, 0.15) is 0 Å². The van der Waals surface area contributed by atoms with Crippen LogP contribution in [0.3, 0.4) is 0 Å². The number of nitrogens with zero attached hydrogens (tertiary/aromatic N) is 1. The topological polar surface area (TPSA) is 65.1 Å². The lowest BCUT2D eigenvalue weighted by atomic mass is 9.81. The van der Waals surface area contributed by atoms with Gasteiger partial charge in [0, 0.05) is 19.0 Å². The lowest BCUT2D eigenvalue weighted by molar-refractivity contribution is -0.153. The second kappa shape index (κ2) is 7.36. The molecule has 0 saturated carbocycles. The SMILES string of the molecule is COC(=O)[C@@]12COC[C@@H]1CN(C(=O)COc1ccc(F)cc1)C2.Cl. The van der Waals surface area contributed by atoms with Crippen molar-refractivity contribution in [3.63, 3.8) is 0 Å². The van der Waals surface area contributed by atoms with Gasteiger partial charge in [-0.05, 0) is 24.3 Å². The minimum Gasteiger partial charge on any atom is -0.484 e. The molecule has 8 heteroatoms. The first-order valence-corrected chi connectivity index (χ1v) is 7.37. The van der Waals surface area contributed by atoms with Crippen molar-refractivity contribution in [3.05, 3.63) is 30.1 Å². The van der Waals surface area contributed by atoms with Crippen LogP contribution in [-0.4, -0.2) is 56.8 Å². The van der Waals surface area contributed by atoms with Gasteiger partial charge in [0.05, 0.1) is 20.3 Å². The summed E-state index contributed by atoms with van der Waals surface area (Å²) in [4.78, 5) is 26.0. The molecule has 0 N–H and O–H groups in total. The van der Waals surface area contributed by atoms with E-state index in [0.717, 1.165) is 0 Å². The van der Waals surface area contributed by atoms with Crippen molar-refractivity contribution in [3.8, 4) is 5.75 Å². The molecule has 132 valence electrons. The third-order valence-electron chi connectivity index (χ3n) is 4.49. The molecule has 0 spiro atoms. The normalized spacial score (nSPS) is 24.9. The molecule has 2 aliphatic heterocycles. The molecule has 2 heterocycles. The second-order valence-electron chi connectivity index (χ2n) is 5.88. The predicted molar refractivity (Wildman–Crippen MR) is 84.5 cm³/mol. The molecule has 2 aliphatic rings. The summed E-state index contributed by atoms with van der Waals surface area (Å²) in [5.74, 6) is -0.548. The molecule has 0 unspecified atom stereocenters. The Labute approximate surface area is 145 Å². The van der Waals surface area contributed by atoms with Crippen LogP contribution in [0, 0.1) is 17.2 Å². The standard InChI is InChI=1S/C16H18FNO5.ClH/c1-21-15(20)16-9-18(6-11(16)7-22-10-16)14(19)8-23-13-4-2-12(17)3-5-13;/h2-5,11H,6-10H2,1H3;1H/t11-,16-;/m0./s1. The molecule has 0 aromatic heterocycles. The number of methoxy groups -OCH3 is 1. The van der Waals surface area contributed by atoms with Crippen LogP contribution < -0.4 is 4.74 Å². The van der Waals surface area contributed by atoms with Crippen LogP contribution in [0.2, 0.25) is 0 Å². The highest BCUT2D eigenvalue weighted by atomic mass is 35.5. The number of rotatable bonds is 4. The minimum absolute atomic E-state index is 0. The highest BCUT2D eigenvalue weighted by Crippen LogP contribution is 2.42. The van der Waals surface area contributed by atoms with E-state index < -0.39 is 5.41 Å². The number of fused-ring (bicyclic) bond motifs is 1. The quantitative estimate of drug-likeness (QED) is 0.758. The van der Waals surface area contributed by atoms with Crippen molar-refractivity contribution in [2.24, 2.45) is 11.3 Å². The van der Waals surface area contributed by atoms with Crippen molar-refractivity contribution < 1.29 is 28.2 Å². The van der Waals surface area contributed by atoms with Crippen LogP contribution in [0.15, 0.2) is 24.3 Å². The van der Waals surface area contributed by atoms with Gasteiger partial charge in [-0.1, -0.05) is 0 Å². The fraction of sp³-hybridized carbons (Fsp3) is 0.500. The third kappa shape index (κ3) is 3.32. The number of esters is 1. The van der Waals surface area contributed by atoms with E-state index >= 15 is 0 Å². The number of amides is 1. The van der Waals surface area contributed by atoms with E-state index in [0.29, 0.717) is 18.9 Å². The number of carbonyl (C=O) groups is 2. The van der Waals surface area contributed by atoms with Crippen molar-refractivity contribution in [2.45, 2.75) is 0 Å². The van der Waals surface area contributed by atoms with Crippen molar-refractivity contribution in [1.29, 1.82) is 0 Å². The summed E-state index contributed by atoms with van der Waals surface area (Å²) in [6.45, 7) is 1.28. The summed E-state index contributed by atoms with van der Waals surface area (Å²) in [6.07, 6.45) is 0. The summed E-state index contributed by atoms with van der Waals surface area (Å²) in [5, 5.41) is 0. The first-order valence-electron chi connectivity index (χ1n) is 7.37. The Morgan fingerprint density at radius 1 is 1.38 bits per heavy atom. The second-order valence-corrected chi connectivity index (χ2v) is 5.88. The van der Waals surface area contributed by atoms with Gasteiger partial charge in [-0.3, -0.25) is 9.59 Å². The molecule has 2 fully saturated rings. The molecule has 24 heavy (non-hydrogen) atoms. The van der Waals surface area contributed by atoms with E-state index in [1.807, 2.05) is 0 Å². The van der Waals surface area contributed by atoms with Crippen LogP contribution in [-0.2, 0) is 19.1 Å². The number of carbonyl (C=O) groups excluding carboxylic acids is 2. The van der Waals surface area contributed by atoms with E-state index in [1.54, 1.807) is 4.90 Å². The molecule has 6 nitrogen and oxygen atoms in total. The first-order chi connectivity index (χ1) is 11.0. The zero-order valence-electron chi connectivity index (χ0n) is 13.2. The number of hydrogen-bond acceptors (Lipinski definition) is 5. The lowest BCUT2D eigenvalue weighted by Gasteiger charge is -2.23. The summed E-state index contributed by atoms with van der Waals surface area (Å²) < 4.78 is 28.5. The van der Waals surface area contributed by atoms with Crippen LogP contribution in [0.4, 0.5) is 4.39 Å². The highest BCUT2D eigenvalue weighted by molar-refractivity contribution is 5.85. The molecule has 0 radical (unpaired) electrons. The maximum absolute atomic E-state index is 12.8. The Hall–Kier alpha value is -1.86. The summed E-state index contributed by atoms with van der Waals surface area (Å²) >= 11 is 0. The Balaban J connectivity index is 0.00000208. The van der Waals surface area contributed by atoms with Gasteiger partial charge in [0.1, 0.15) is 17.0 Å². The monoisotopic (exact) mass is 359 g/mol. The molecule has 3 rings (SSSR count). The molecule has 0 bridgehead atoms. The van der Waals surface area contributed by atoms with E-state index in [9.17, 15) is 14.0 Å². The number of halogens is 2. The molecule has 2 atom stereocenters. The van der Waals surface area contributed by atoms with E-state index in [-0.39, 0.29) is 55.8 Å². The molecule has 1 aromatic rings. The largest absolute Gasteiger partial charge is 0.484 e. The zero-order valence-corrected chi connectivity index (χ0v) is 14.0. The first kappa shape index (κ1) is 18.5. The lowest BCUT2D eigenvalue weighted by Crippen LogP contribution is -2.41. The molecular weight excluding hydrogens is 341 g/mol. The van der Waals surface area contributed by atoms with Gasteiger partial charge in [0.25, 0.3) is 5.91 Å². The number of hydrogen-bond donors (Lipinski definition) is 0. The van der Waals surface area contributed by atoms with Gasteiger partial charge >= 0.3 is 5.97 Å².